The van der Waals surface area contributed by atoms with Gasteiger partial charge < -0.3 is 4.52 Å². The van der Waals surface area contributed by atoms with Crippen LogP contribution in [-0.2, 0) is 0 Å². The first-order chi connectivity index (χ1) is 9.44. The summed E-state index contributed by atoms with van der Waals surface area (Å²) < 4.78 is 5.11. The van der Waals surface area contributed by atoms with Crippen LogP contribution in [0.25, 0.3) is 6.08 Å². The Morgan fingerprint density at radius 1 is 1.60 bits per heavy atom. The molecular formula is C15H21N3O2. The number of hydrazine groups is 1. The highest BCUT2D eigenvalue weighted by Crippen LogP contribution is 2.41. The molecule has 0 aromatic carbocycles. The predicted octanol–water partition coefficient (Wildman–Crippen LogP) is 2.67. The number of nitrogen functional groups attached to an aromatic ring is 1. The lowest BCUT2D eigenvalue weighted by Crippen LogP contribution is -2.30. The normalized spacial score (nSPS) is 21.8. The van der Waals surface area contributed by atoms with Crippen LogP contribution in [0.5, 0.6) is 0 Å². The molecule has 1 aliphatic rings. The molecule has 20 heavy (non-hydrogen) atoms. The molecule has 0 saturated carbocycles. The Balaban J connectivity index is 2.16. The molecule has 0 bridgehead atoms. The Morgan fingerprint density at radius 3 is 3.00 bits per heavy atom. The van der Waals surface area contributed by atoms with E-state index in [1.165, 1.54) is 5.57 Å². The lowest BCUT2D eigenvalue weighted by atomic mass is 9.68. The standard InChI is InChI=1S/C15H21N3O2/c1-10-5-4-8-15(2,3)12(10)7-6-11-9-13(18-20-11)14(19)17-16/h5-7,9,12H,4,8,16H2,1-3H3,(H,17,19)/b7-6+. The predicted molar refractivity (Wildman–Crippen MR) is 77.5 cm³/mol. The first-order valence-corrected chi connectivity index (χ1v) is 6.76. The molecule has 5 nitrogen and oxygen atoms in total. The van der Waals surface area contributed by atoms with Crippen molar-refractivity contribution in [1.82, 2.24) is 10.6 Å². The summed E-state index contributed by atoms with van der Waals surface area (Å²) in [6.07, 6.45) is 8.57. The van der Waals surface area contributed by atoms with Crippen molar-refractivity contribution < 1.29 is 9.32 Å². The van der Waals surface area contributed by atoms with Crippen LogP contribution in [0.4, 0.5) is 0 Å². The number of aromatic nitrogens is 1. The zero-order valence-corrected chi connectivity index (χ0v) is 12.1. The van der Waals surface area contributed by atoms with E-state index in [0.29, 0.717) is 11.7 Å². The molecule has 0 fully saturated rings. The maximum absolute atomic E-state index is 11.3. The van der Waals surface area contributed by atoms with Gasteiger partial charge in [-0.05, 0) is 31.3 Å². The molecule has 1 aliphatic carbocycles. The zero-order valence-electron chi connectivity index (χ0n) is 12.1. The molecule has 0 spiro atoms. The second-order valence-electron chi connectivity index (χ2n) is 5.90. The van der Waals surface area contributed by atoms with E-state index in [1.807, 2.05) is 11.5 Å². The second kappa shape index (κ2) is 5.63. The van der Waals surface area contributed by atoms with Crippen LogP contribution in [0.15, 0.2) is 28.3 Å². The van der Waals surface area contributed by atoms with E-state index in [2.05, 4.69) is 38.1 Å². The molecule has 1 aromatic rings. The van der Waals surface area contributed by atoms with E-state index in [1.54, 1.807) is 6.07 Å². The molecule has 0 saturated heterocycles. The molecule has 1 aromatic heterocycles. The minimum absolute atomic E-state index is 0.183. The van der Waals surface area contributed by atoms with Crippen molar-refractivity contribution in [2.24, 2.45) is 17.2 Å². The summed E-state index contributed by atoms with van der Waals surface area (Å²) in [6, 6.07) is 1.58. The van der Waals surface area contributed by atoms with Gasteiger partial charge in [0, 0.05) is 12.0 Å². The smallest absolute Gasteiger partial charge is 0.287 e. The van der Waals surface area contributed by atoms with Gasteiger partial charge in [-0.1, -0.05) is 36.7 Å². The van der Waals surface area contributed by atoms with E-state index in [4.69, 9.17) is 10.4 Å². The number of carbonyl (C=O) groups excluding carboxylic acids is 1. The first kappa shape index (κ1) is 14.5. The maximum Gasteiger partial charge on any atom is 0.287 e. The number of allylic oxidation sites excluding steroid dienone is 3. The van der Waals surface area contributed by atoms with Crippen LogP contribution in [0.3, 0.4) is 0 Å². The molecule has 108 valence electrons. The summed E-state index contributed by atoms with van der Waals surface area (Å²) in [7, 11) is 0. The second-order valence-corrected chi connectivity index (χ2v) is 5.90. The van der Waals surface area contributed by atoms with Gasteiger partial charge in [-0.25, -0.2) is 5.84 Å². The van der Waals surface area contributed by atoms with Crippen molar-refractivity contribution in [3.8, 4) is 0 Å². The van der Waals surface area contributed by atoms with Gasteiger partial charge in [-0.2, -0.15) is 0 Å². The molecule has 3 N–H and O–H groups in total. The number of nitrogens with zero attached hydrogens (tertiary/aromatic N) is 1. The van der Waals surface area contributed by atoms with Crippen molar-refractivity contribution in [2.75, 3.05) is 0 Å². The Kier molecular flexibility index (Phi) is 4.09. The number of nitrogens with two attached hydrogens (primary N) is 1. The highest BCUT2D eigenvalue weighted by atomic mass is 16.5. The monoisotopic (exact) mass is 275 g/mol. The molecule has 1 unspecified atom stereocenters. The SMILES string of the molecule is CC1=CCCC(C)(C)C1/C=C/c1cc(C(=O)NN)no1. The van der Waals surface area contributed by atoms with Crippen molar-refractivity contribution in [2.45, 2.75) is 33.6 Å². The van der Waals surface area contributed by atoms with Gasteiger partial charge in [0.2, 0.25) is 0 Å². The van der Waals surface area contributed by atoms with Crippen LogP contribution in [0.1, 0.15) is 49.9 Å². The van der Waals surface area contributed by atoms with Gasteiger partial charge in [0.05, 0.1) is 0 Å². The van der Waals surface area contributed by atoms with Gasteiger partial charge in [0.25, 0.3) is 5.91 Å². The Morgan fingerprint density at radius 2 is 2.35 bits per heavy atom. The highest BCUT2D eigenvalue weighted by molar-refractivity contribution is 5.91. The van der Waals surface area contributed by atoms with E-state index < -0.39 is 5.91 Å². The molecule has 1 heterocycles. The minimum Gasteiger partial charge on any atom is -0.356 e. The third-order valence-corrected chi connectivity index (χ3v) is 3.93. The Labute approximate surface area is 118 Å². The number of nitrogens with one attached hydrogen (secondary N) is 1. The summed E-state index contributed by atoms with van der Waals surface area (Å²) in [5, 5.41) is 3.67. The molecule has 0 aliphatic heterocycles. The van der Waals surface area contributed by atoms with Gasteiger partial charge in [-0.3, -0.25) is 10.2 Å². The highest BCUT2D eigenvalue weighted by Gasteiger charge is 2.30. The number of rotatable bonds is 3. The largest absolute Gasteiger partial charge is 0.356 e. The van der Waals surface area contributed by atoms with Gasteiger partial charge in [0.1, 0.15) is 0 Å². The van der Waals surface area contributed by atoms with Crippen molar-refractivity contribution >= 4 is 12.0 Å². The molecule has 1 amide bonds. The van der Waals surface area contributed by atoms with Crippen molar-refractivity contribution in [1.29, 1.82) is 0 Å². The molecule has 5 heteroatoms. The fraction of sp³-hybridized carbons (Fsp3) is 0.467. The number of amides is 1. The average Bonchev–Trinajstić information content (AvgIpc) is 2.85. The summed E-state index contributed by atoms with van der Waals surface area (Å²) >= 11 is 0. The van der Waals surface area contributed by atoms with E-state index in [9.17, 15) is 4.79 Å². The fourth-order valence-corrected chi connectivity index (χ4v) is 2.72. The summed E-state index contributed by atoms with van der Waals surface area (Å²) in [5.74, 6) is 5.52. The van der Waals surface area contributed by atoms with Crippen molar-refractivity contribution in [3.63, 3.8) is 0 Å². The zero-order chi connectivity index (χ0) is 14.8. The van der Waals surface area contributed by atoms with Gasteiger partial charge in [-0.15, -0.1) is 0 Å². The average molecular weight is 275 g/mol. The van der Waals surface area contributed by atoms with Crippen LogP contribution >= 0.6 is 0 Å². The number of carbonyl (C=O) groups is 1. The van der Waals surface area contributed by atoms with Crippen LogP contribution in [-0.4, -0.2) is 11.1 Å². The summed E-state index contributed by atoms with van der Waals surface area (Å²) in [5.41, 5.74) is 3.81. The van der Waals surface area contributed by atoms with Crippen molar-refractivity contribution in [3.05, 3.63) is 35.2 Å². The van der Waals surface area contributed by atoms with E-state index in [0.717, 1.165) is 12.8 Å². The Hall–Kier alpha value is -1.88. The quantitative estimate of drug-likeness (QED) is 0.384. The number of hydrogen-bond acceptors (Lipinski definition) is 4. The Bertz CT molecular complexity index is 555. The molecular weight excluding hydrogens is 254 g/mol. The number of hydrogen-bond donors (Lipinski definition) is 2. The molecule has 0 radical (unpaired) electrons. The molecule has 1 atom stereocenters. The van der Waals surface area contributed by atoms with Crippen LogP contribution in [0.2, 0.25) is 0 Å². The molecule has 2 rings (SSSR count). The topological polar surface area (TPSA) is 81.2 Å². The maximum atomic E-state index is 11.3. The van der Waals surface area contributed by atoms with E-state index in [-0.39, 0.29) is 11.1 Å². The van der Waals surface area contributed by atoms with Gasteiger partial charge in [0.15, 0.2) is 11.5 Å². The van der Waals surface area contributed by atoms with E-state index >= 15 is 0 Å². The minimum atomic E-state index is -0.456. The van der Waals surface area contributed by atoms with Gasteiger partial charge >= 0.3 is 0 Å². The third kappa shape index (κ3) is 2.99. The lowest BCUT2D eigenvalue weighted by molar-refractivity contribution is 0.0944. The summed E-state index contributed by atoms with van der Waals surface area (Å²) in [6.45, 7) is 6.70. The summed E-state index contributed by atoms with van der Waals surface area (Å²) in [4.78, 5) is 11.3. The van der Waals surface area contributed by atoms with Crippen LogP contribution in [0, 0.1) is 11.3 Å². The lowest BCUT2D eigenvalue weighted by Gasteiger charge is -2.36. The first-order valence-electron chi connectivity index (χ1n) is 6.76. The van der Waals surface area contributed by atoms with Crippen LogP contribution < -0.4 is 11.3 Å². The fourth-order valence-electron chi connectivity index (χ4n) is 2.72. The third-order valence-electron chi connectivity index (χ3n) is 3.93.